The zero-order valence-electron chi connectivity index (χ0n) is 20.7. The molecule has 0 radical (unpaired) electrons. The van der Waals surface area contributed by atoms with Gasteiger partial charge in [0.1, 0.15) is 16.9 Å². The van der Waals surface area contributed by atoms with E-state index in [0.29, 0.717) is 12.0 Å². The average Bonchev–Trinajstić information content (AvgIpc) is 3.39. The number of nitrogens with zero attached hydrogens (tertiary/aromatic N) is 3. The Balaban J connectivity index is 2.03. The molecule has 2 aromatic carbocycles. The van der Waals surface area contributed by atoms with Crippen LogP contribution in [0, 0.1) is 16.0 Å². The molecule has 11 heteroatoms. The monoisotopic (exact) mass is 510 g/mol. The molecule has 2 atom stereocenters. The molecule has 0 bridgehead atoms. The van der Waals surface area contributed by atoms with Crippen molar-refractivity contribution in [3.8, 4) is 5.75 Å². The molecule has 1 fully saturated rings. The number of guanidine groups is 1. The largest absolute Gasteiger partial charge is 0.508 e. The van der Waals surface area contributed by atoms with Gasteiger partial charge in [-0.15, -0.1) is 0 Å². The molecule has 1 unspecified atom stereocenters. The molecule has 0 spiro atoms. The van der Waals surface area contributed by atoms with Crippen molar-refractivity contribution in [3.05, 3.63) is 75.8 Å². The Morgan fingerprint density at radius 2 is 1.78 bits per heavy atom. The molecule has 3 rings (SSSR count). The van der Waals surface area contributed by atoms with Crippen LogP contribution in [0.3, 0.4) is 0 Å². The molecule has 11 nitrogen and oxygen atoms in total. The summed E-state index contributed by atoms with van der Waals surface area (Å²) in [4.78, 5) is 39.9. The van der Waals surface area contributed by atoms with E-state index in [-0.39, 0.29) is 37.1 Å². The number of nitrogens with one attached hydrogen (secondary N) is 1. The molecule has 2 aromatic rings. The lowest BCUT2D eigenvalue weighted by Crippen LogP contribution is -2.53. The smallest absolute Gasteiger partial charge is 0.272 e. The number of hydrazone groups is 1. The normalized spacial score (nSPS) is 15.6. The fourth-order valence-corrected chi connectivity index (χ4v) is 4.95. The predicted molar refractivity (Wildman–Crippen MR) is 139 cm³/mol. The van der Waals surface area contributed by atoms with Gasteiger partial charge in [0.05, 0.1) is 5.92 Å². The van der Waals surface area contributed by atoms with Crippen LogP contribution in [0.15, 0.2) is 59.7 Å². The zero-order valence-corrected chi connectivity index (χ0v) is 20.7. The number of aromatic hydroxyl groups is 1. The lowest BCUT2D eigenvalue weighted by Gasteiger charge is -2.36. The summed E-state index contributed by atoms with van der Waals surface area (Å²) in [6, 6.07) is 14.9. The highest BCUT2D eigenvalue weighted by Gasteiger charge is 2.39. The number of nitrogens with two attached hydrogens (primary N) is 2. The van der Waals surface area contributed by atoms with Gasteiger partial charge in [0.15, 0.2) is 5.03 Å². The van der Waals surface area contributed by atoms with Crippen molar-refractivity contribution >= 4 is 17.8 Å². The molecule has 0 aliphatic heterocycles. The summed E-state index contributed by atoms with van der Waals surface area (Å²) in [7, 11) is 0. The Labute approximate surface area is 215 Å². The van der Waals surface area contributed by atoms with Crippen LogP contribution < -0.4 is 16.8 Å². The van der Waals surface area contributed by atoms with Gasteiger partial charge >= 0.3 is 0 Å². The van der Waals surface area contributed by atoms with Gasteiger partial charge in [-0.1, -0.05) is 55.3 Å². The van der Waals surface area contributed by atoms with E-state index in [1.807, 2.05) is 30.3 Å². The molecule has 0 heterocycles. The van der Waals surface area contributed by atoms with Crippen molar-refractivity contribution in [2.75, 3.05) is 6.54 Å². The Morgan fingerprint density at radius 1 is 1.14 bits per heavy atom. The standard InChI is InChI=1S/C26H34N6O5/c27-16-6-11-22(24(34)29-26(28)30-32(36)37)31(17-18-12-14-21(33)15-13-18)25(35)23(20-9-4-5-10-20)19-7-2-1-3-8-19/h1-3,7-8,12-15,20,22-23,33H,4-6,9-11,16-17,27H2,(H3,28,29,30,34)/t22-,23?/m1/s1. The van der Waals surface area contributed by atoms with Gasteiger partial charge in [-0.2, -0.15) is 0 Å². The Kier molecular flexibility index (Phi) is 9.96. The van der Waals surface area contributed by atoms with Gasteiger partial charge in [-0.3, -0.25) is 14.9 Å². The summed E-state index contributed by atoms with van der Waals surface area (Å²) in [6.07, 6.45) is 4.53. The molecular formula is C26H34N6O5. The number of phenols is 1. The number of hydrogen-bond acceptors (Lipinski definition) is 6. The van der Waals surface area contributed by atoms with Crippen LogP contribution in [0.25, 0.3) is 0 Å². The topological polar surface area (TPSA) is 177 Å². The number of phenolic OH excluding ortho intramolecular Hbond substituents is 1. The third-order valence-electron chi connectivity index (χ3n) is 6.67. The van der Waals surface area contributed by atoms with Gasteiger partial charge in [-0.05, 0) is 61.4 Å². The van der Waals surface area contributed by atoms with Gasteiger partial charge in [-0.25, -0.2) is 10.1 Å². The van der Waals surface area contributed by atoms with E-state index in [4.69, 9.17) is 11.5 Å². The number of rotatable bonds is 11. The third-order valence-corrected chi connectivity index (χ3v) is 6.67. The first-order valence-corrected chi connectivity index (χ1v) is 12.4. The molecule has 1 aliphatic rings. The lowest BCUT2D eigenvalue weighted by atomic mass is 9.83. The van der Waals surface area contributed by atoms with E-state index in [0.717, 1.165) is 31.2 Å². The fourth-order valence-electron chi connectivity index (χ4n) is 4.95. The first-order chi connectivity index (χ1) is 17.8. The number of amides is 2. The van der Waals surface area contributed by atoms with Crippen molar-refractivity contribution in [1.82, 2.24) is 10.2 Å². The van der Waals surface area contributed by atoms with E-state index in [1.54, 1.807) is 12.1 Å². The van der Waals surface area contributed by atoms with E-state index in [1.165, 1.54) is 17.0 Å². The summed E-state index contributed by atoms with van der Waals surface area (Å²) < 4.78 is 0. The van der Waals surface area contributed by atoms with Gasteiger partial charge in [0.25, 0.3) is 5.96 Å². The van der Waals surface area contributed by atoms with E-state index in [2.05, 4.69) is 10.4 Å². The number of nitro groups is 1. The maximum absolute atomic E-state index is 14.4. The van der Waals surface area contributed by atoms with E-state index >= 15 is 0 Å². The quantitative estimate of drug-likeness (QED) is 0.155. The molecule has 1 aliphatic carbocycles. The van der Waals surface area contributed by atoms with Crippen LogP contribution in [0.2, 0.25) is 0 Å². The maximum Gasteiger partial charge on any atom is 0.272 e. The molecule has 2 amide bonds. The average molecular weight is 511 g/mol. The zero-order chi connectivity index (χ0) is 26.8. The summed E-state index contributed by atoms with van der Waals surface area (Å²) in [5.41, 5.74) is 12.9. The minimum Gasteiger partial charge on any atom is -0.508 e. The highest BCUT2D eigenvalue weighted by Crippen LogP contribution is 2.39. The minimum absolute atomic E-state index is 0.0796. The minimum atomic E-state index is -1.00. The molecule has 198 valence electrons. The van der Waals surface area contributed by atoms with E-state index < -0.39 is 28.9 Å². The highest BCUT2D eigenvalue weighted by atomic mass is 16.7. The summed E-state index contributed by atoms with van der Waals surface area (Å²) in [5, 5.41) is 24.7. The summed E-state index contributed by atoms with van der Waals surface area (Å²) >= 11 is 0. The van der Waals surface area contributed by atoms with Gasteiger partial charge < -0.3 is 21.5 Å². The number of carbonyl (C=O) groups is 2. The van der Waals surface area contributed by atoms with Crippen molar-refractivity contribution in [1.29, 1.82) is 0 Å². The van der Waals surface area contributed by atoms with Crippen LogP contribution >= 0.6 is 0 Å². The number of benzene rings is 2. The van der Waals surface area contributed by atoms with Crippen LogP contribution in [-0.4, -0.2) is 45.4 Å². The molecular weight excluding hydrogens is 476 g/mol. The first kappa shape index (κ1) is 27.6. The molecule has 1 saturated carbocycles. The van der Waals surface area contributed by atoms with Crippen molar-refractivity contribution in [3.63, 3.8) is 0 Å². The van der Waals surface area contributed by atoms with Gasteiger partial charge in [0.2, 0.25) is 11.8 Å². The second-order valence-corrected chi connectivity index (χ2v) is 9.22. The van der Waals surface area contributed by atoms with E-state index in [9.17, 15) is 24.8 Å². The molecule has 0 aromatic heterocycles. The van der Waals surface area contributed by atoms with Crippen LogP contribution in [0.4, 0.5) is 0 Å². The van der Waals surface area contributed by atoms with Gasteiger partial charge in [0, 0.05) is 6.54 Å². The summed E-state index contributed by atoms with van der Waals surface area (Å²) in [5.74, 6) is -1.82. The second-order valence-electron chi connectivity index (χ2n) is 9.22. The fraction of sp³-hybridized carbons (Fsp3) is 0.423. The maximum atomic E-state index is 14.4. The molecule has 0 saturated heterocycles. The molecule has 6 N–H and O–H groups in total. The second kappa shape index (κ2) is 13.4. The van der Waals surface area contributed by atoms with Crippen LogP contribution in [-0.2, 0) is 16.1 Å². The van der Waals surface area contributed by atoms with Crippen molar-refractivity contribution in [2.24, 2.45) is 22.5 Å². The highest BCUT2D eigenvalue weighted by molar-refractivity contribution is 6.00. The Morgan fingerprint density at radius 3 is 2.38 bits per heavy atom. The Bertz CT molecular complexity index is 1090. The van der Waals surface area contributed by atoms with Crippen molar-refractivity contribution < 1.29 is 19.7 Å². The SMILES string of the molecule is NCCC[C@H](C(=O)NC(N)=N[N+](=O)[O-])N(Cc1ccc(O)cc1)C(=O)C(c1ccccc1)C1CCCC1. The third kappa shape index (κ3) is 7.74. The number of carbonyl (C=O) groups excluding carboxylic acids is 2. The van der Waals surface area contributed by atoms with Crippen LogP contribution in [0.1, 0.15) is 55.6 Å². The summed E-state index contributed by atoms with van der Waals surface area (Å²) in [6.45, 7) is 0.373. The number of hydrogen-bond donors (Lipinski definition) is 4. The van der Waals surface area contributed by atoms with Crippen LogP contribution in [0.5, 0.6) is 5.75 Å². The first-order valence-electron chi connectivity index (χ1n) is 12.4. The van der Waals surface area contributed by atoms with Crippen molar-refractivity contribution in [2.45, 2.75) is 57.0 Å². The predicted octanol–water partition coefficient (Wildman–Crippen LogP) is 2.42. The Hall–Kier alpha value is -3.99. The molecule has 37 heavy (non-hydrogen) atoms. The lowest BCUT2D eigenvalue weighted by molar-refractivity contribution is -0.485.